The van der Waals surface area contributed by atoms with Crippen molar-refractivity contribution in [3.05, 3.63) is 0 Å². The molecule has 0 aromatic heterocycles. The van der Waals surface area contributed by atoms with Crippen LogP contribution < -0.4 is 0 Å². The van der Waals surface area contributed by atoms with Crippen LogP contribution in [0.1, 0.15) is 0 Å². The summed E-state index contributed by atoms with van der Waals surface area (Å²) in [7, 11) is -3.65. The van der Waals surface area contributed by atoms with E-state index in [4.69, 9.17) is 16.5 Å². The van der Waals surface area contributed by atoms with Gasteiger partial charge in [-0.25, -0.2) is 0 Å². The molecule has 0 unspecified atom stereocenters. The Morgan fingerprint density at radius 1 is 1.00 bits per heavy atom. The Labute approximate surface area is 69.8 Å². The van der Waals surface area contributed by atoms with Crippen molar-refractivity contribution in [2.45, 2.75) is 0 Å². The van der Waals surface area contributed by atoms with E-state index < -0.39 is 37.9 Å². The first-order valence-electron chi connectivity index (χ1n) is 2.42. The van der Waals surface area contributed by atoms with E-state index in [9.17, 15) is 0 Å². The van der Waals surface area contributed by atoms with E-state index in [1.807, 2.05) is 0 Å². The van der Waals surface area contributed by atoms with Crippen molar-refractivity contribution in [2.75, 3.05) is 0 Å². The zero-order chi connectivity index (χ0) is 6.53. The first kappa shape index (κ1) is 8.29. The summed E-state index contributed by atoms with van der Waals surface area (Å²) in [5.41, 5.74) is 0. The number of halogens is 1. The minimum Gasteiger partial charge on any atom is -0.425 e. The van der Waals surface area contributed by atoms with Gasteiger partial charge in [-0.05, 0) is 0 Å². The Kier molecular flexibility index (Phi) is 4.53. The predicted octanol–water partition coefficient (Wildman–Crippen LogP) is -2.83. The summed E-state index contributed by atoms with van der Waals surface area (Å²) < 4.78 is 20.7. The van der Waals surface area contributed by atoms with Crippen molar-refractivity contribution < 1.29 is 16.5 Å². The van der Waals surface area contributed by atoms with Crippen LogP contribution in [0.15, 0.2) is 0 Å². The molecular formula is H7BrO4Si4. The summed E-state index contributed by atoms with van der Waals surface area (Å²) in [6.45, 7) is 0. The van der Waals surface area contributed by atoms with E-state index in [0.29, 0.717) is 0 Å². The van der Waals surface area contributed by atoms with Crippen molar-refractivity contribution in [1.29, 1.82) is 0 Å². The molecule has 0 radical (unpaired) electrons. The zero-order valence-corrected chi connectivity index (χ0v) is 11.7. The minimum absolute atomic E-state index is 0.696. The molecular weight excluding hydrogens is 256 g/mol. The Hall–Kier alpha value is 1.19. The van der Waals surface area contributed by atoms with Crippen LogP contribution in [0, 0.1) is 0 Å². The van der Waals surface area contributed by atoms with Gasteiger partial charge in [0.05, 0.1) is 0 Å². The Morgan fingerprint density at radius 2 is 1.56 bits per heavy atom. The van der Waals surface area contributed by atoms with Crippen LogP contribution in [0.4, 0.5) is 0 Å². The average molecular weight is 263 g/mol. The van der Waals surface area contributed by atoms with Crippen LogP contribution in [0.25, 0.3) is 0 Å². The Bertz CT molecular complexity index is 71.0. The van der Waals surface area contributed by atoms with E-state index in [0.717, 1.165) is 0 Å². The molecule has 0 aromatic rings. The third-order valence-corrected chi connectivity index (χ3v) is 11.3. The lowest BCUT2D eigenvalue weighted by atomic mass is 15.7. The molecule has 1 aliphatic heterocycles. The summed E-state index contributed by atoms with van der Waals surface area (Å²) in [6, 6.07) is 0. The average Bonchev–Trinajstić information content (AvgIpc) is 1.79. The van der Waals surface area contributed by atoms with Gasteiger partial charge in [0, 0.05) is 0 Å². The normalized spacial score (nSPS) is 39.0. The third kappa shape index (κ3) is 3.79. The first-order chi connectivity index (χ1) is 4.39. The van der Waals surface area contributed by atoms with E-state index in [-0.39, 0.29) is 0 Å². The van der Waals surface area contributed by atoms with Gasteiger partial charge >= 0.3 is 7.90 Å². The standard InChI is InChI=1S/BrH7O4Si4/c1-9-4-7-2-6-3-8-5-9/h9H,6-8H2. The number of hydrogen-bond donors (Lipinski definition) is 0. The molecule has 9 heavy (non-hydrogen) atoms. The number of hydrogen-bond acceptors (Lipinski definition) is 4. The molecule has 0 N–H and O–H groups in total. The number of rotatable bonds is 0. The molecule has 9 heteroatoms. The fraction of sp³-hybridized carbons (Fsp3) is 0. The molecule has 0 saturated carbocycles. The van der Waals surface area contributed by atoms with Crippen LogP contribution in [0.5, 0.6) is 0 Å². The van der Waals surface area contributed by atoms with Crippen LogP contribution in [0.3, 0.4) is 0 Å². The Morgan fingerprint density at radius 3 is 2.11 bits per heavy atom. The van der Waals surface area contributed by atoms with E-state index in [2.05, 4.69) is 15.3 Å². The topological polar surface area (TPSA) is 36.9 Å². The van der Waals surface area contributed by atoms with Crippen LogP contribution in [0.2, 0.25) is 0 Å². The Balaban J connectivity index is 2.12. The van der Waals surface area contributed by atoms with Crippen molar-refractivity contribution in [2.24, 2.45) is 0 Å². The molecule has 1 fully saturated rings. The maximum Gasteiger partial charge on any atom is 0.379 e. The van der Waals surface area contributed by atoms with Gasteiger partial charge in [-0.3, -0.25) is 0 Å². The quantitative estimate of drug-likeness (QED) is 0.349. The molecule has 1 aliphatic rings. The molecule has 0 bridgehead atoms. The SMILES string of the molecule is Br[SiH]1O[SiH2]O[SiH2]O[SiH2]O1. The van der Waals surface area contributed by atoms with Gasteiger partial charge in [0.1, 0.15) is 0 Å². The highest BCUT2D eigenvalue weighted by atomic mass is 79.9. The van der Waals surface area contributed by atoms with Gasteiger partial charge in [-0.15, -0.1) is 0 Å². The van der Waals surface area contributed by atoms with Crippen LogP contribution in [-0.2, 0) is 16.5 Å². The molecule has 1 heterocycles. The lowest BCUT2D eigenvalue weighted by Crippen LogP contribution is -2.28. The third-order valence-electron chi connectivity index (χ3n) is 0.731. The van der Waals surface area contributed by atoms with Gasteiger partial charge in [-0.2, -0.15) is 0 Å². The summed E-state index contributed by atoms with van der Waals surface area (Å²) in [6.07, 6.45) is 0. The largest absolute Gasteiger partial charge is 0.425 e. The summed E-state index contributed by atoms with van der Waals surface area (Å²) >= 11 is 3.29. The van der Waals surface area contributed by atoms with Crippen molar-refractivity contribution >= 4 is 53.2 Å². The lowest BCUT2D eigenvalue weighted by Gasteiger charge is -2.15. The van der Waals surface area contributed by atoms with Gasteiger partial charge in [0.15, 0.2) is 0 Å². The highest BCUT2D eigenvalue weighted by Crippen LogP contribution is 1.97. The van der Waals surface area contributed by atoms with E-state index in [1.54, 1.807) is 0 Å². The molecule has 1 rings (SSSR count). The van der Waals surface area contributed by atoms with Gasteiger partial charge in [-0.1, -0.05) is 15.3 Å². The molecule has 0 spiro atoms. The summed E-state index contributed by atoms with van der Waals surface area (Å²) in [4.78, 5) is 0. The van der Waals surface area contributed by atoms with Crippen LogP contribution >= 0.6 is 15.3 Å². The van der Waals surface area contributed by atoms with Crippen molar-refractivity contribution in [3.8, 4) is 0 Å². The highest BCUT2D eigenvalue weighted by Gasteiger charge is 2.10. The van der Waals surface area contributed by atoms with Crippen molar-refractivity contribution in [1.82, 2.24) is 0 Å². The fourth-order valence-electron chi connectivity index (χ4n) is 0.378. The van der Waals surface area contributed by atoms with Crippen LogP contribution in [-0.4, -0.2) is 37.9 Å². The molecule has 54 valence electrons. The maximum atomic E-state index is 5.22. The molecule has 4 nitrogen and oxygen atoms in total. The van der Waals surface area contributed by atoms with E-state index >= 15 is 0 Å². The smallest absolute Gasteiger partial charge is 0.379 e. The van der Waals surface area contributed by atoms with Gasteiger partial charge in [0.25, 0.3) is 30.0 Å². The zero-order valence-electron chi connectivity index (χ0n) is 4.71. The molecule has 1 saturated heterocycles. The highest BCUT2D eigenvalue weighted by molar-refractivity contribution is 9.24. The second-order valence-corrected chi connectivity index (χ2v) is 10.8. The summed E-state index contributed by atoms with van der Waals surface area (Å²) in [5, 5.41) is 0. The molecule has 0 aliphatic carbocycles. The predicted molar refractivity (Wildman–Crippen MR) is 46.0 cm³/mol. The van der Waals surface area contributed by atoms with Gasteiger partial charge in [0.2, 0.25) is 0 Å². The van der Waals surface area contributed by atoms with E-state index in [1.165, 1.54) is 0 Å². The fourth-order valence-corrected chi connectivity index (χ4v) is 9.01. The molecule has 0 aromatic carbocycles. The van der Waals surface area contributed by atoms with Crippen molar-refractivity contribution in [3.63, 3.8) is 0 Å². The second kappa shape index (κ2) is 4.92. The maximum absolute atomic E-state index is 5.22. The second-order valence-electron chi connectivity index (χ2n) is 1.37. The minimum atomic E-state index is -1.46. The molecule has 0 atom stereocenters. The van der Waals surface area contributed by atoms with Gasteiger partial charge < -0.3 is 16.5 Å². The first-order valence-corrected chi connectivity index (χ1v) is 10.0. The monoisotopic (exact) mass is 262 g/mol. The lowest BCUT2D eigenvalue weighted by molar-refractivity contribution is 0.344. The molecule has 0 amide bonds. The summed E-state index contributed by atoms with van der Waals surface area (Å²) in [5.74, 6) is 0.